The van der Waals surface area contributed by atoms with Crippen LogP contribution >= 0.6 is 0 Å². The second-order valence-corrected chi connectivity index (χ2v) is 4.78. The molecule has 0 radical (unpaired) electrons. The largest absolute Gasteiger partial charge is 0.330 e. The number of aryl methyl sites for hydroxylation is 1. The third-order valence-corrected chi connectivity index (χ3v) is 3.48. The Bertz CT molecular complexity index is 730. The van der Waals surface area contributed by atoms with E-state index in [2.05, 4.69) is 40.7 Å². The molecule has 2 N–H and O–H groups in total. The van der Waals surface area contributed by atoms with Gasteiger partial charge in [0.2, 0.25) is 0 Å². The van der Waals surface area contributed by atoms with E-state index in [-0.39, 0.29) is 0 Å². The summed E-state index contributed by atoms with van der Waals surface area (Å²) in [6, 6.07) is 10.5. The van der Waals surface area contributed by atoms with Gasteiger partial charge in [-0.2, -0.15) is 0 Å². The maximum absolute atomic E-state index is 5.64. The fourth-order valence-electron chi connectivity index (χ4n) is 2.55. The number of fused-ring (bicyclic) bond motifs is 1. The maximum Gasteiger partial charge on any atom is 0.141 e. The van der Waals surface area contributed by atoms with Crippen molar-refractivity contribution in [3.63, 3.8) is 0 Å². The lowest BCUT2D eigenvalue weighted by molar-refractivity contribution is 0.796. The summed E-state index contributed by atoms with van der Waals surface area (Å²) in [7, 11) is 0. The molecule has 0 fully saturated rings. The number of nitrogens with two attached hydrogens (primary N) is 1. The molecule has 0 amide bonds. The quantitative estimate of drug-likeness (QED) is 0.789. The number of pyridine rings is 1. The van der Waals surface area contributed by atoms with Crippen LogP contribution in [0.1, 0.15) is 12.5 Å². The van der Waals surface area contributed by atoms with Crippen LogP contribution in [-0.4, -0.2) is 21.1 Å². The number of nitrogens with zero attached hydrogens (tertiary/aromatic N) is 3. The van der Waals surface area contributed by atoms with Crippen LogP contribution in [0.4, 0.5) is 0 Å². The highest BCUT2D eigenvalue weighted by Gasteiger charge is 2.11. The zero-order chi connectivity index (χ0) is 13.9. The van der Waals surface area contributed by atoms with Gasteiger partial charge in [-0.1, -0.05) is 18.2 Å². The van der Waals surface area contributed by atoms with Gasteiger partial charge in [0.15, 0.2) is 0 Å². The highest BCUT2D eigenvalue weighted by atomic mass is 15.1. The summed E-state index contributed by atoms with van der Waals surface area (Å²) < 4.78 is 2.22. The average molecular weight is 266 g/mol. The topological polar surface area (TPSA) is 56.7 Å². The lowest BCUT2D eigenvalue weighted by atomic mass is 10.1. The van der Waals surface area contributed by atoms with E-state index in [4.69, 9.17) is 10.7 Å². The molecule has 20 heavy (non-hydrogen) atoms. The Morgan fingerprint density at radius 3 is 2.95 bits per heavy atom. The van der Waals surface area contributed by atoms with E-state index in [0.717, 1.165) is 35.4 Å². The number of rotatable bonds is 4. The predicted octanol–water partition coefficient (Wildman–Crippen LogP) is 2.62. The van der Waals surface area contributed by atoms with E-state index in [1.165, 1.54) is 5.56 Å². The van der Waals surface area contributed by atoms with E-state index < -0.39 is 0 Å². The number of hydrogen-bond donors (Lipinski definition) is 1. The van der Waals surface area contributed by atoms with Gasteiger partial charge in [-0.25, -0.2) is 4.98 Å². The van der Waals surface area contributed by atoms with Crippen molar-refractivity contribution < 1.29 is 0 Å². The van der Waals surface area contributed by atoms with Crippen molar-refractivity contribution >= 4 is 11.0 Å². The molecule has 0 aliphatic heterocycles. The van der Waals surface area contributed by atoms with Gasteiger partial charge in [0.05, 0.1) is 11.7 Å². The van der Waals surface area contributed by atoms with Gasteiger partial charge in [-0.05, 0) is 37.6 Å². The van der Waals surface area contributed by atoms with Crippen LogP contribution in [0.15, 0.2) is 42.7 Å². The first-order valence-electron chi connectivity index (χ1n) is 6.93. The second kappa shape index (κ2) is 5.43. The SMILES string of the molecule is CCn1c(-c2cccc(CCN)c2)nc2cnccc21. The van der Waals surface area contributed by atoms with Crippen LogP contribution in [0.25, 0.3) is 22.4 Å². The standard InChI is InChI=1S/C16H18N4/c1-2-20-15-7-9-18-11-14(15)19-16(20)13-5-3-4-12(10-13)6-8-17/h3-5,7,9-11H,2,6,8,17H2,1H3. The first kappa shape index (κ1) is 12.8. The van der Waals surface area contributed by atoms with Crippen molar-refractivity contribution in [3.8, 4) is 11.4 Å². The Hall–Kier alpha value is -2.20. The van der Waals surface area contributed by atoms with E-state index >= 15 is 0 Å². The van der Waals surface area contributed by atoms with Crippen molar-refractivity contribution in [1.29, 1.82) is 0 Å². The highest BCUT2D eigenvalue weighted by Crippen LogP contribution is 2.25. The zero-order valence-corrected chi connectivity index (χ0v) is 11.6. The fraction of sp³-hybridized carbons (Fsp3) is 0.250. The molecule has 2 aromatic heterocycles. The monoisotopic (exact) mass is 266 g/mol. The number of hydrogen-bond acceptors (Lipinski definition) is 3. The molecular weight excluding hydrogens is 248 g/mol. The van der Waals surface area contributed by atoms with Crippen LogP contribution in [0.3, 0.4) is 0 Å². The second-order valence-electron chi connectivity index (χ2n) is 4.78. The van der Waals surface area contributed by atoms with Crippen molar-refractivity contribution in [3.05, 3.63) is 48.3 Å². The first-order valence-corrected chi connectivity index (χ1v) is 6.93. The van der Waals surface area contributed by atoms with Gasteiger partial charge in [0.25, 0.3) is 0 Å². The van der Waals surface area contributed by atoms with Gasteiger partial charge < -0.3 is 10.3 Å². The third-order valence-electron chi connectivity index (χ3n) is 3.48. The smallest absolute Gasteiger partial charge is 0.141 e. The first-order chi connectivity index (χ1) is 9.83. The zero-order valence-electron chi connectivity index (χ0n) is 11.6. The molecule has 2 heterocycles. The van der Waals surface area contributed by atoms with Gasteiger partial charge in [-0.3, -0.25) is 4.98 Å². The molecule has 3 rings (SSSR count). The molecule has 4 heteroatoms. The van der Waals surface area contributed by atoms with E-state index in [0.29, 0.717) is 6.54 Å². The minimum absolute atomic E-state index is 0.664. The van der Waals surface area contributed by atoms with Crippen molar-refractivity contribution in [2.75, 3.05) is 6.54 Å². The molecule has 0 saturated heterocycles. The summed E-state index contributed by atoms with van der Waals surface area (Å²) >= 11 is 0. The summed E-state index contributed by atoms with van der Waals surface area (Å²) in [5.74, 6) is 0.995. The van der Waals surface area contributed by atoms with Crippen LogP contribution in [-0.2, 0) is 13.0 Å². The average Bonchev–Trinajstić information content (AvgIpc) is 2.86. The van der Waals surface area contributed by atoms with Crippen molar-refractivity contribution in [2.24, 2.45) is 5.73 Å². The highest BCUT2D eigenvalue weighted by molar-refractivity contribution is 5.79. The summed E-state index contributed by atoms with van der Waals surface area (Å²) in [6.45, 7) is 3.68. The Balaban J connectivity index is 2.16. The molecule has 0 aliphatic rings. The normalized spacial score (nSPS) is 11.1. The predicted molar refractivity (Wildman–Crippen MR) is 81.4 cm³/mol. The molecule has 0 aliphatic carbocycles. The lowest BCUT2D eigenvalue weighted by Crippen LogP contribution is -2.03. The molecule has 3 aromatic rings. The van der Waals surface area contributed by atoms with Crippen LogP contribution in [0.2, 0.25) is 0 Å². The summed E-state index contributed by atoms with van der Waals surface area (Å²) in [5.41, 5.74) is 10.1. The molecule has 4 nitrogen and oxygen atoms in total. The molecule has 0 bridgehead atoms. The Morgan fingerprint density at radius 2 is 2.15 bits per heavy atom. The van der Waals surface area contributed by atoms with Gasteiger partial charge >= 0.3 is 0 Å². The Kier molecular flexibility index (Phi) is 3.48. The van der Waals surface area contributed by atoms with E-state index in [1.54, 1.807) is 0 Å². The van der Waals surface area contributed by atoms with E-state index in [1.807, 2.05) is 18.5 Å². The van der Waals surface area contributed by atoms with Crippen LogP contribution in [0, 0.1) is 0 Å². The minimum atomic E-state index is 0.664. The lowest BCUT2D eigenvalue weighted by Gasteiger charge is -2.07. The molecular formula is C16H18N4. The molecule has 0 unspecified atom stereocenters. The Labute approximate surface area is 118 Å². The number of imidazole rings is 1. The summed E-state index contributed by atoms with van der Waals surface area (Å²) in [6.07, 6.45) is 4.52. The van der Waals surface area contributed by atoms with Crippen LogP contribution in [0.5, 0.6) is 0 Å². The minimum Gasteiger partial charge on any atom is -0.330 e. The number of aromatic nitrogens is 3. The van der Waals surface area contributed by atoms with Crippen molar-refractivity contribution in [1.82, 2.24) is 14.5 Å². The fourth-order valence-corrected chi connectivity index (χ4v) is 2.55. The molecule has 0 spiro atoms. The molecule has 0 saturated carbocycles. The van der Waals surface area contributed by atoms with Gasteiger partial charge in [0, 0.05) is 18.3 Å². The third kappa shape index (κ3) is 2.18. The van der Waals surface area contributed by atoms with Gasteiger partial charge in [0.1, 0.15) is 11.3 Å². The molecule has 1 aromatic carbocycles. The van der Waals surface area contributed by atoms with E-state index in [9.17, 15) is 0 Å². The van der Waals surface area contributed by atoms with Crippen LogP contribution < -0.4 is 5.73 Å². The molecule has 102 valence electrons. The summed E-state index contributed by atoms with van der Waals surface area (Å²) in [5, 5.41) is 0. The van der Waals surface area contributed by atoms with Gasteiger partial charge in [-0.15, -0.1) is 0 Å². The maximum atomic E-state index is 5.64. The molecule has 0 atom stereocenters. The summed E-state index contributed by atoms with van der Waals surface area (Å²) in [4.78, 5) is 8.87. The van der Waals surface area contributed by atoms with Crippen molar-refractivity contribution in [2.45, 2.75) is 19.9 Å². The number of benzene rings is 1. The Morgan fingerprint density at radius 1 is 1.25 bits per heavy atom.